The van der Waals surface area contributed by atoms with Gasteiger partial charge in [0.25, 0.3) is 0 Å². The molecular weight excluding hydrogens is 204 g/mol. The van der Waals surface area contributed by atoms with Crippen molar-refractivity contribution in [1.82, 2.24) is 10.6 Å². The highest BCUT2D eigenvalue weighted by Gasteiger charge is 2.16. The van der Waals surface area contributed by atoms with E-state index in [0.29, 0.717) is 6.61 Å². The molecule has 1 fully saturated rings. The van der Waals surface area contributed by atoms with Crippen LogP contribution < -0.4 is 10.6 Å². The standard InChI is InChI=1S/C12H24N2O2/c1-3-6-14-12(15)10(2)16-8-5-11-4-7-13-9-11/h10-11,13H,3-9H2,1-2H3,(H,14,15). The van der Waals surface area contributed by atoms with Crippen molar-refractivity contribution in [2.45, 2.75) is 39.2 Å². The van der Waals surface area contributed by atoms with E-state index in [0.717, 1.165) is 38.4 Å². The summed E-state index contributed by atoms with van der Waals surface area (Å²) in [7, 11) is 0. The molecule has 4 heteroatoms. The summed E-state index contributed by atoms with van der Waals surface area (Å²) in [5.74, 6) is 0.734. The Kier molecular flexibility index (Phi) is 6.42. The molecule has 1 saturated heterocycles. The van der Waals surface area contributed by atoms with Crippen LogP contribution in [0.2, 0.25) is 0 Å². The number of amides is 1. The summed E-state index contributed by atoms with van der Waals surface area (Å²) in [5, 5.41) is 6.16. The first-order valence-corrected chi connectivity index (χ1v) is 6.34. The number of hydrogen-bond donors (Lipinski definition) is 2. The second kappa shape index (κ2) is 7.63. The van der Waals surface area contributed by atoms with Crippen LogP contribution in [0, 0.1) is 5.92 Å². The van der Waals surface area contributed by atoms with Crippen LogP contribution >= 0.6 is 0 Å². The normalized spacial score (nSPS) is 22.0. The van der Waals surface area contributed by atoms with Crippen LogP contribution in [0.4, 0.5) is 0 Å². The predicted molar refractivity (Wildman–Crippen MR) is 64.3 cm³/mol. The molecule has 4 nitrogen and oxygen atoms in total. The van der Waals surface area contributed by atoms with Gasteiger partial charge in [-0.1, -0.05) is 6.92 Å². The maximum atomic E-state index is 11.5. The fraction of sp³-hybridized carbons (Fsp3) is 0.917. The highest BCUT2D eigenvalue weighted by molar-refractivity contribution is 5.80. The fourth-order valence-corrected chi connectivity index (χ4v) is 1.84. The van der Waals surface area contributed by atoms with E-state index in [1.807, 2.05) is 13.8 Å². The third kappa shape index (κ3) is 4.94. The Hall–Kier alpha value is -0.610. The first-order valence-electron chi connectivity index (χ1n) is 6.34. The van der Waals surface area contributed by atoms with Gasteiger partial charge in [-0.05, 0) is 45.2 Å². The molecule has 0 aromatic carbocycles. The lowest BCUT2D eigenvalue weighted by atomic mass is 10.1. The molecule has 0 aromatic rings. The van der Waals surface area contributed by atoms with Crippen LogP contribution in [-0.4, -0.2) is 38.3 Å². The molecule has 2 unspecified atom stereocenters. The minimum atomic E-state index is -0.319. The third-order valence-electron chi connectivity index (χ3n) is 2.97. The summed E-state index contributed by atoms with van der Waals surface area (Å²) in [6.07, 6.45) is 2.94. The van der Waals surface area contributed by atoms with E-state index < -0.39 is 0 Å². The summed E-state index contributed by atoms with van der Waals surface area (Å²) < 4.78 is 5.52. The molecular formula is C12H24N2O2. The molecule has 1 aliphatic rings. The first-order chi connectivity index (χ1) is 7.74. The van der Waals surface area contributed by atoms with Gasteiger partial charge in [0, 0.05) is 13.2 Å². The van der Waals surface area contributed by atoms with Crippen molar-refractivity contribution in [3.8, 4) is 0 Å². The Bertz CT molecular complexity index is 203. The molecule has 1 aliphatic heterocycles. The summed E-state index contributed by atoms with van der Waals surface area (Å²) in [4.78, 5) is 11.5. The Balaban J connectivity index is 2.04. The Morgan fingerprint density at radius 2 is 2.44 bits per heavy atom. The van der Waals surface area contributed by atoms with Crippen molar-refractivity contribution in [3.63, 3.8) is 0 Å². The van der Waals surface area contributed by atoms with Gasteiger partial charge in [0.15, 0.2) is 0 Å². The monoisotopic (exact) mass is 228 g/mol. The fourth-order valence-electron chi connectivity index (χ4n) is 1.84. The highest BCUT2D eigenvalue weighted by atomic mass is 16.5. The van der Waals surface area contributed by atoms with Crippen LogP contribution in [-0.2, 0) is 9.53 Å². The van der Waals surface area contributed by atoms with Crippen molar-refractivity contribution in [2.75, 3.05) is 26.2 Å². The van der Waals surface area contributed by atoms with Crippen LogP contribution in [0.3, 0.4) is 0 Å². The SMILES string of the molecule is CCCNC(=O)C(C)OCCC1CCNC1. The molecule has 0 radical (unpaired) electrons. The van der Waals surface area contributed by atoms with E-state index in [1.165, 1.54) is 6.42 Å². The Morgan fingerprint density at radius 3 is 3.06 bits per heavy atom. The third-order valence-corrected chi connectivity index (χ3v) is 2.97. The molecule has 0 aliphatic carbocycles. The topological polar surface area (TPSA) is 50.4 Å². The largest absolute Gasteiger partial charge is 0.369 e. The van der Waals surface area contributed by atoms with E-state index in [4.69, 9.17) is 4.74 Å². The molecule has 0 saturated carbocycles. The van der Waals surface area contributed by atoms with Gasteiger partial charge in [0.2, 0.25) is 5.91 Å². The Labute approximate surface area is 98.1 Å². The number of rotatable bonds is 7. The summed E-state index contributed by atoms with van der Waals surface area (Å²) in [5.41, 5.74) is 0. The molecule has 1 rings (SSSR count). The lowest BCUT2D eigenvalue weighted by Crippen LogP contribution is -2.35. The lowest BCUT2D eigenvalue weighted by molar-refractivity contribution is -0.131. The molecule has 16 heavy (non-hydrogen) atoms. The van der Waals surface area contributed by atoms with Crippen molar-refractivity contribution in [2.24, 2.45) is 5.92 Å². The van der Waals surface area contributed by atoms with Gasteiger partial charge in [-0.2, -0.15) is 0 Å². The predicted octanol–water partition coefficient (Wildman–Crippen LogP) is 0.917. The number of hydrogen-bond acceptors (Lipinski definition) is 3. The van der Waals surface area contributed by atoms with Crippen LogP contribution in [0.1, 0.15) is 33.1 Å². The number of ether oxygens (including phenoxy) is 1. The first kappa shape index (κ1) is 13.5. The van der Waals surface area contributed by atoms with E-state index in [2.05, 4.69) is 10.6 Å². The number of carbonyl (C=O) groups is 1. The van der Waals surface area contributed by atoms with Gasteiger partial charge < -0.3 is 15.4 Å². The molecule has 94 valence electrons. The minimum absolute atomic E-state index is 0.00592. The van der Waals surface area contributed by atoms with E-state index >= 15 is 0 Å². The average Bonchev–Trinajstić information content (AvgIpc) is 2.78. The van der Waals surface area contributed by atoms with Crippen molar-refractivity contribution in [3.05, 3.63) is 0 Å². The Morgan fingerprint density at radius 1 is 1.62 bits per heavy atom. The second-order valence-electron chi connectivity index (χ2n) is 4.45. The van der Waals surface area contributed by atoms with Crippen LogP contribution in [0.15, 0.2) is 0 Å². The number of carbonyl (C=O) groups excluding carboxylic acids is 1. The van der Waals surface area contributed by atoms with E-state index in [1.54, 1.807) is 0 Å². The quantitative estimate of drug-likeness (QED) is 0.681. The van der Waals surface area contributed by atoms with Crippen LogP contribution in [0.25, 0.3) is 0 Å². The van der Waals surface area contributed by atoms with Crippen molar-refractivity contribution < 1.29 is 9.53 Å². The zero-order valence-corrected chi connectivity index (χ0v) is 10.4. The summed E-state index contributed by atoms with van der Waals surface area (Å²) >= 11 is 0. The molecule has 2 N–H and O–H groups in total. The molecule has 1 amide bonds. The van der Waals surface area contributed by atoms with Gasteiger partial charge in [0.1, 0.15) is 6.10 Å². The van der Waals surface area contributed by atoms with Crippen LogP contribution in [0.5, 0.6) is 0 Å². The van der Waals surface area contributed by atoms with E-state index in [-0.39, 0.29) is 12.0 Å². The number of nitrogens with one attached hydrogen (secondary N) is 2. The summed E-state index contributed by atoms with van der Waals surface area (Å²) in [6.45, 7) is 7.50. The molecule has 2 atom stereocenters. The maximum absolute atomic E-state index is 11.5. The highest BCUT2D eigenvalue weighted by Crippen LogP contribution is 2.12. The maximum Gasteiger partial charge on any atom is 0.248 e. The van der Waals surface area contributed by atoms with Gasteiger partial charge >= 0.3 is 0 Å². The van der Waals surface area contributed by atoms with Gasteiger partial charge in [0.05, 0.1) is 0 Å². The van der Waals surface area contributed by atoms with Crippen molar-refractivity contribution >= 4 is 5.91 Å². The lowest BCUT2D eigenvalue weighted by Gasteiger charge is -2.14. The van der Waals surface area contributed by atoms with Gasteiger partial charge in [-0.15, -0.1) is 0 Å². The van der Waals surface area contributed by atoms with Gasteiger partial charge in [-0.3, -0.25) is 4.79 Å². The molecule has 0 spiro atoms. The molecule has 1 heterocycles. The molecule has 0 aromatic heterocycles. The van der Waals surface area contributed by atoms with Gasteiger partial charge in [-0.25, -0.2) is 0 Å². The van der Waals surface area contributed by atoms with E-state index in [9.17, 15) is 4.79 Å². The molecule has 0 bridgehead atoms. The smallest absolute Gasteiger partial charge is 0.248 e. The van der Waals surface area contributed by atoms with Crippen molar-refractivity contribution in [1.29, 1.82) is 0 Å². The zero-order chi connectivity index (χ0) is 11.8. The average molecular weight is 228 g/mol. The zero-order valence-electron chi connectivity index (χ0n) is 10.4. The second-order valence-corrected chi connectivity index (χ2v) is 4.45. The summed E-state index contributed by atoms with van der Waals surface area (Å²) in [6, 6.07) is 0. The minimum Gasteiger partial charge on any atom is -0.369 e.